The van der Waals surface area contributed by atoms with Crippen LogP contribution in [0.1, 0.15) is 50.2 Å². The predicted molar refractivity (Wildman–Crippen MR) is 110 cm³/mol. The molecule has 0 saturated heterocycles. The summed E-state index contributed by atoms with van der Waals surface area (Å²) >= 11 is 6.27. The molecule has 0 spiro atoms. The fraction of sp³-hybridized carbons (Fsp3) is 0.476. The summed E-state index contributed by atoms with van der Waals surface area (Å²) in [6.45, 7) is 4.62. The number of halogens is 1. The molecular weight excluding hydrogens is 378 g/mol. The standard InChI is InChI=1S/C21H28ClN3O3/c1-3-7-19-23-14-16(13-18(21(27)28)24-20(26)8-4-2)25(19)12-11-15-9-5-6-10-17(15)22/h5-6,9-10,14,18H,3-4,7-8,11-13H2,1-2H3,(H,24,26)(H,27,28)/t18-/m0/s1. The van der Waals surface area contributed by atoms with E-state index >= 15 is 0 Å². The number of carbonyl (C=O) groups is 2. The lowest BCUT2D eigenvalue weighted by Gasteiger charge is -2.17. The van der Waals surface area contributed by atoms with Crippen LogP contribution < -0.4 is 5.32 Å². The SMILES string of the molecule is CCCC(=O)N[C@@H](Cc1cnc(CCC)n1CCc1ccccc1Cl)C(=O)O. The van der Waals surface area contributed by atoms with Gasteiger partial charge in [-0.15, -0.1) is 0 Å². The van der Waals surface area contributed by atoms with Crippen molar-refractivity contribution in [1.29, 1.82) is 0 Å². The van der Waals surface area contributed by atoms with Crippen molar-refractivity contribution < 1.29 is 14.7 Å². The van der Waals surface area contributed by atoms with Gasteiger partial charge in [-0.1, -0.05) is 43.6 Å². The highest BCUT2D eigenvalue weighted by Crippen LogP contribution is 2.18. The molecule has 28 heavy (non-hydrogen) atoms. The average molecular weight is 406 g/mol. The Morgan fingerprint density at radius 1 is 1.21 bits per heavy atom. The van der Waals surface area contributed by atoms with Crippen LogP contribution in [-0.2, 0) is 35.4 Å². The number of nitrogens with one attached hydrogen (secondary N) is 1. The lowest BCUT2D eigenvalue weighted by Crippen LogP contribution is -2.42. The van der Waals surface area contributed by atoms with Crippen molar-refractivity contribution in [3.05, 3.63) is 52.6 Å². The van der Waals surface area contributed by atoms with Gasteiger partial charge < -0.3 is 15.0 Å². The van der Waals surface area contributed by atoms with E-state index in [1.165, 1.54) is 0 Å². The number of imidazole rings is 1. The molecule has 0 aliphatic carbocycles. The maximum Gasteiger partial charge on any atom is 0.326 e. The van der Waals surface area contributed by atoms with Gasteiger partial charge >= 0.3 is 5.97 Å². The molecule has 2 aromatic rings. The molecule has 0 bridgehead atoms. The van der Waals surface area contributed by atoms with Crippen molar-refractivity contribution in [2.24, 2.45) is 0 Å². The van der Waals surface area contributed by atoms with E-state index in [2.05, 4.69) is 21.8 Å². The molecule has 0 radical (unpaired) electrons. The third-order valence-electron chi connectivity index (χ3n) is 4.58. The van der Waals surface area contributed by atoms with Crippen LogP contribution in [0.15, 0.2) is 30.5 Å². The van der Waals surface area contributed by atoms with Crippen LogP contribution in [0.3, 0.4) is 0 Å². The van der Waals surface area contributed by atoms with E-state index in [1.54, 1.807) is 6.20 Å². The fourth-order valence-electron chi connectivity index (χ4n) is 3.15. The van der Waals surface area contributed by atoms with Crippen LogP contribution in [0, 0.1) is 0 Å². The van der Waals surface area contributed by atoms with Crippen LogP contribution in [0.5, 0.6) is 0 Å². The number of nitrogens with zero attached hydrogens (tertiary/aromatic N) is 2. The van der Waals surface area contributed by atoms with Gasteiger partial charge in [0, 0.05) is 42.7 Å². The maximum atomic E-state index is 11.9. The van der Waals surface area contributed by atoms with Crippen molar-refractivity contribution in [3.8, 4) is 0 Å². The largest absolute Gasteiger partial charge is 0.480 e. The molecule has 7 heteroatoms. The number of aliphatic carboxylic acids is 1. The first kappa shape index (κ1) is 22.0. The van der Waals surface area contributed by atoms with Gasteiger partial charge in [-0.3, -0.25) is 4.79 Å². The molecule has 2 N–H and O–H groups in total. The zero-order chi connectivity index (χ0) is 20.5. The predicted octanol–water partition coefficient (Wildman–Crippen LogP) is 3.64. The Kier molecular flexibility index (Phi) is 8.51. The van der Waals surface area contributed by atoms with Crippen molar-refractivity contribution in [2.45, 2.75) is 65.0 Å². The Hall–Kier alpha value is -2.34. The number of rotatable bonds is 11. The van der Waals surface area contributed by atoms with Gasteiger partial charge in [-0.2, -0.15) is 0 Å². The number of benzene rings is 1. The van der Waals surface area contributed by atoms with E-state index in [4.69, 9.17) is 11.6 Å². The summed E-state index contributed by atoms with van der Waals surface area (Å²) in [5.74, 6) is -0.361. The first-order valence-electron chi connectivity index (χ1n) is 9.75. The third-order valence-corrected chi connectivity index (χ3v) is 4.95. The zero-order valence-corrected chi connectivity index (χ0v) is 17.2. The molecule has 2 rings (SSSR count). The molecule has 0 fully saturated rings. The van der Waals surface area contributed by atoms with E-state index in [0.717, 1.165) is 41.4 Å². The van der Waals surface area contributed by atoms with Crippen LogP contribution in [-0.4, -0.2) is 32.6 Å². The quantitative estimate of drug-likeness (QED) is 0.597. The second-order valence-electron chi connectivity index (χ2n) is 6.82. The number of carbonyl (C=O) groups excluding carboxylic acids is 1. The second kappa shape index (κ2) is 10.9. The monoisotopic (exact) mass is 405 g/mol. The summed E-state index contributed by atoms with van der Waals surface area (Å²) in [4.78, 5) is 28.0. The molecule has 1 heterocycles. The number of carboxylic acids is 1. The lowest BCUT2D eigenvalue weighted by atomic mass is 10.1. The van der Waals surface area contributed by atoms with Gasteiger partial charge in [-0.25, -0.2) is 9.78 Å². The van der Waals surface area contributed by atoms with Crippen LogP contribution >= 0.6 is 11.6 Å². The summed E-state index contributed by atoms with van der Waals surface area (Å²) in [5, 5.41) is 12.9. The van der Waals surface area contributed by atoms with Crippen LogP contribution in [0.4, 0.5) is 0 Å². The van der Waals surface area contributed by atoms with Crippen LogP contribution in [0.2, 0.25) is 5.02 Å². The first-order valence-corrected chi connectivity index (χ1v) is 10.1. The fourth-order valence-corrected chi connectivity index (χ4v) is 3.38. The highest BCUT2D eigenvalue weighted by Gasteiger charge is 2.23. The normalized spacial score (nSPS) is 12.0. The van der Waals surface area contributed by atoms with Gasteiger partial charge in [0.2, 0.25) is 5.91 Å². The topological polar surface area (TPSA) is 84.2 Å². The van der Waals surface area contributed by atoms with Gasteiger partial charge in [0.1, 0.15) is 11.9 Å². The zero-order valence-electron chi connectivity index (χ0n) is 16.4. The number of amides is 1. The summed E-state index contributed by atoms with van der Waals surface area (Å²) in [6.07, 6.45) is 5.38. The number of aromatic nitrogens is 2. The Morgan fingerprint density at radius 2 is 1.96 bits per heavy atom. The number of hydrogen-bond acceptors (Lipinski definition) is 3. The molecule has 1 amide bonds. The van der Waals surface area contributed by atoms with E-state index in [-0.39, 0.29) is 12.3 Å². The minimum atomic E-state index is -1.04. The Morgan fingerprint density at radius 3 is 2.61 bits per heavy atom. The second-order valence-corrected chi connectivity index (χ2v) is 7.23. The molecule has 1 atom stereocenters. The Balaban J connectivity index is 2.19. The van der Waals surface area contributed by atoms with Gasteiger partial charge in [0.05, 0.1) is 0 Å². The van der Waals surface area contributed by atoms with Gasteiger partial charge in [0.15, 0.2) is 0 Å². The smallest absolute Gasteiger partial charge is 0.326 e. The molecule has 152 valence electrons. The van der Waals surface area contributed by atoms with Crippen LogP contribution in [0.25, 0.3) is 0 Å². The molecule has 1 aromatic carbocycles. The van der Waals surface area contributed by atoms with Crippen molar-refractivity contribution >= 4 is 23.5 Å². The highest BCUT2D eigenvalue weighted by molar-refractivity contribution is 6.31. The van der Waals surface area contributed by atoms with E-state index in [1.807, 2.05) is 31.2 Å². The molecule has 0 aliphatic heterocycles. The van der Waals surface area contributed by atoms with Crippen molar-refractivity contribution in [3.63, 3.8) is 0 Å². The minimum absolute atomic E-state index is 0.198. The molecule has 0 aliphatic rings. The summed E-state index contributed by atoms with van der Waals surface area (Å²) in [6, 6.07) is 6.73. The number of hydrogen-bond donors (Lipinski definition) is 2. The molecule has 0 unspecified atom stereocenters. The minimum Gasteiger partial charge on any atom is -0.480 e. The average Bonchev–Trinajstić information content (AvgIpc) is 3.02. The Bertz CT molecular complexity index is 804. The van der Waals surface area contributed by atoms with Gasteiger partial charge in [0.25, 0.3) is 0 Å². The lowest BCUT2D eigenvalue weighted by molar-refractivity contribution is -0.141. The molecule has 0 saturated carbocycles. The van der Waals surface area contributed by atoms with Crippen molar-refractivity contribution in [1.82, 2.24) is 14.9 Å². The number of aryl methyl sites for hydroxylation is 2. The first-order chi connectivity index (χ1) is 13.5. The van der Waals surface area contributed by atoms with Gasteiger partial charge in [-0.05, 0) is 30.9 Å². The number of carboxylic acid groups (broad SMARTS) is 1. The van der Waals surface area contributed by atoms with E-state index in [9.17, 15) is 14.7 Å². The highest BCUT2D eigenvalue weighted by atomic mass is 35.5. The third kappa shape index (κ3) is 6.09. The van der Waals surface area contributed by atoms with E-state index in [0.29, 0.717) is 19.4 Å². The Labute approximate surface area is 170 Å². The molecule has 1 aromatic heterocycles. The summed E-state index contributed by atoms with van der Waals surface area (Å²) in [5.41, 5.74) is 1.84. The summed E-state index contributed by atoms with van der Waals surface area (Å²) < 4.78 is 2.06. The molecule has 6 nitrogen and oxygen atoms in total. The molecular formula is C21H28ClN3O3. The van der Waals surface area contributed by atoms with Crippen molar-refractivity contribution in [2.75, 3.05) is 0 Å². The maximum absolute atomic E-state index is 11.9. The summed E-state index contributed by atoms with van der Waals surface area (Å²) in [7, 11) is 0. The van der Waals surface area contributed by atoms with E-state index < -0.39 is 12.0 Å².